The van der Waals surface area contributed by atoms with Gasteiger partial charge < -0.3 is 14.4 Å². The van der Waals surface area contributed by atoms with Gasteiger partial charge in [-0.3, -0.25) is 0 Å². The molecule has 0 saturated carbocycles. The van der Waals surface area contributed by atoms with Gasteiger partial charge in [0.05, 0.1) is 12.3 Å². The van der Waals surface area contributed by atoms with Crippen molar-refractivity contribution < 1.29 is 9.47 Å². The molecule has 0 spiro atoms. The number of rotatable bonds is 7. The highest BCUT2D eigenvalue weighted by atomic mass is 32.2. The summed E-state index contributed by atoms with van der Waals surface area (Å²) in [5, 5.41) is 0. The minimum absolute atomic E-state index is 0.0352. The minimum atomic E-state index is 0.0352. The first-order chi connectivity index (χ1) is 13.1. The number of ether oxygens (including phenoxy) is 2. The molecule has 2 aromatic carbocycles. The Bertz CT molecular complexity index is 803. The van der Waals surface area contributed by atoms with Crippen molar-refractivity contribution >= 4 is 23.5 Å². The molecule has 0 fully saturated rings. The van der Waals surface area contributed by atoms with E-state index in [0.717, 1.165) is 31.2 Å². The zero-order valence-corrected chi connectivity index (χ0v) is 17.5. The molecule has 0 radical (unpaired) electrons. The Balaban J connectivity index is 1.73. The molecule has 0 bridgehead atoms. The fourth-order valence-corrected chi connectivity index (χ4v) is 4.27. The normalized spacial score (nSPS) is 15.4. The topological polar surface area (TPSA) is 21.7 Å². The highest BCUT2D eigenvalue weighted by molar-refractivity contribution is 7.99. The van der Waals surface area contributed by atoms with Crippen molar-refractivity contribution in [2.24, 2.45) is 0 Å². The maximum Gasteiger partial charge on any atom is 0.123 e. The molecule has 3 rings (SSSR count). The first-order valence-corrected chi connectivity index (χ1v) is 10.5. The molecule has 0 aliphatic carbocycles. The number of para-hydroxylation sites is 1. The van der Waals surface area contributed by atoms with E-state index in [4.69, 9.17) is 9.47 Å². The summed E-state index contributed by atoms with van der Waals surface area (Å²) in [4.78, 5) is 3.77. The summed E-state index contributed by atoms with van der Waals surface area (Å²) < 4.78 is 11.4. The lowest BCUT2D eigenvalue weighted by Crippen LogP contribution is -2.32. The van der Waals surface area contributed by atoms with Crippen LogP contribution in [0.3, 0.4) is 0 Å². The van der Waals surface area contributed by atoms with Crippen LogP contribution in [0.5, 0.6) is 5.75 Å². The molecule has 0 N–H and O–H groups in total. The fourth-order valence-electron chi connectivity index (χ4n) is 3.17. The summed E-state index contributed by atoms with van der Waals surface area (Å²) in [6.45, 7) is 9.12. The van der Waals surface area contributed by atoms with Gasteiger partial charge in [0.15, 0.2) is 0 Å². The van der Waals surface area contributed by atoms with Crippen LogP contribution in [0.25, 0.3) is 6.08 Å². The van der Waals surface area contributed by atoms with Crippen LogP contribution in [0.1, 0.15) is 25.0 Å². The Morgan fingerprint density at radius 1 is 1.26 bits per heavy atom. The third-order valence-corrected chi connectivity index (χ3v) is 5.97. The lowest BCUT2D eigenvalue weighted by Gasteiger charge is -2.30. The van der Waals surface area contributed by atoms with Crippen molar-refractivity contribution in [2.75, 3.05) is 37.5 Å². The van der Waals surface area contributed by atoms with Gasteiger partial charge in [-0.2, -0.15) is 0 Å². The lowest BCUT2D eigenvalue weighted by atomic mass is 10.1. The van der Waals surface area contributed by atoms with E-state index < -0.39 is 0 Å². The van der Waals surface area contributed by atoms with Gasteiger partial charge in [-0.15, -0.1) is 11.8 Å². The van der Waals surface area contributed by atoms with E-state index in [1.165, 1.54) is 27.3 Å². The monoisotopic (exact) mass is 383 g/mol. The molecule has 0 aromatic heterocycles. The average Bonchev–Trinajstić information content (AvgIpc) is 2.67. The number of anilines is 1. The molecule has 1 unspecified atom stereocenters. The molecule has 0 saturated heterocycles. The summed E-state index contributed by atoms with van der Waals surface area (Å²) >= 11 is 1.94. The van der Waals surface area contributed by atoms with Crippen LogP contribution in [0.2, 0.25) is 0 Å². The van der Waals surface area contributed by atoms with Gasteiger partial charge in [0.25, 0.3) is 0 Å². The third-order valence-electron chi connectivity index (χ3n) is 4.94. The Kier molecular flexibility index (Phi) is 6.86. The van der Waals surface area contributed by atoms with Gasteiger partial charge in [0, 0.05) is 30.8 Å². The number of benzene rings is 2. The van der Waals surface area contributed by atoms with Gasteiger partial charge in [-0.1, -0.05) is 30.3 Å². The van der Waals surface area contributed by atoms with Crippen molar-refractivity contribution in [3.63, 3.8) is 0 Å². The summed E-state index contributed by atoms with van der Waals surface area (Å²) in [5.74, 6) is 2.07. The number of hydrogen-bond donors (Lipinski definition) is 0. The van der Waals surface area contributed by atoms with Gasteiger partial charge in [-0.25, -0.2) is 0 Å². The number of aryl methyl sites for hydroxylation is 1. The van der Waals surface area contributed by atoms with E-state index in [1.807, 2.05) is 30.0 Å². The van der Waals surface area contributed by atoms with Gasteiger partial charge in [0.1, 0.15) is 11.9 Å². The minimum Gasteiger partial charge on any atom is -0.486 e. The molecule has 1 atom stereocenters. The second kappa shape index (κ2) is 9.34. The maximum absolute atomic E-state index is 6.16. The maximum atomic E-state index is 6.16. The standard InChI is InChI=1S/C23H29NO2S/c1-17-7-5-6-8-22(17)26-19(3)18(2)15-20-9-10-21-23(16-20)27-14-12-24(21)11-13-25-4/h5-10,15-16,19H,11-14H2,1-4H3/b18-15+. The number of methoxy groups -OCH3 is 1. The van der Waals surface area contributed by atoms with E-state index in [0.29, 0.717) is 0 Å². The van der Waals surface area contributed by atoms with E-state index in [1.54, 1.807) is 7.11 Å². The molecule has 3 nitrogen and oxygen atoms in total. The van der Waals surface area contributed by atoms with Crippen molar-refractivity contribution in [1.29, 1.82) is 0 Å². The fraction of sp³-hybridized carbons (Fsp3) is 0.391. The lowest BCUT2D eigenvalue weighted by molar-refractivity contribution is 0.205. The second-order valence-electron chi connectivity index (χ2n) is 6.97. The van der Waals surface area contributed by atoms with E-state index in [9.17, 15) is 0 Å². The van der Waals surface area contributed by atoms with E-state index in [2.05, 4.69) is 56.0 Å². The van der Waals surface area contributed by atoms with Crippen LogP contribution in [-0.2, 0) is 4.74 Å². The Morgan fingerprint density at radius 3 is 2.85 bits per heavy atom. The van der Waals surface area contributed by atoms with E-state index >= 15 is 0 Å². The predicted molar refractivity (Wildman–Crippen MR) is 116 cm³/mol. The van der Waals surface area contributed by atoms with Crippen molar-refractivity contribution in [1.82, 2.24) is 0 Å². The number of fused-ring (bicyclic) bond motifs is 1. The Hall–Kier alpha value is -1.91. The van der Waals surface area contributed by atoms with Gasteiger partial charge in [0.2, 0.25) is 0 Å². The van der Waals surface area contributed by atoms with Crippen LogP contribution in [0, 0.1) is 6.92 Å². The van der Waals surface area contributed by atoms with Crippen LogP contribution in [0.15, 0.2) is 52.9 Å². The molecule has 1 aliphatic rings. The Labute approximate surface area is 167 Å². The van der Waals surface area contributed by atoms with Crippen molar-refractivity contribution in [2.45, 2.75) is 31.8 Å². The zero-order chi connectivity index (χ0) is 19.2. The molecular weight excluding hydrogens is 354 g/mol. The Morgan fingerprint density at radius 2 is 2.07 bits per heavy atom. The molecule has 0 amide bonds. The van der Waals surface area contributed by atoms with Crippen LogP contribution in [0.4, 0.5) is 5.69 Å². The molecule has 144 valence electrons. The number of thioether (sulfide) groups is 1. The van der Waals surface area contributed by atoms with Crippen molar-refractivity contribution in [3.8, 4) is 5.75 Å². The number of nitrogens with zero attached hydrogens (tertiary/aromatic N) is 1. The zero-order valence-electron chi connectivity index (χ0n) is 16.7. The summed E-state index contributed by atoms with van der Waals surface area (Å²) in [6.07, 6.45) is 2.27. The highest BCUT2D eigenvalue weighted by Crippen LogP contribution is 2.35. The summed E-state index contributed by atoms with van der Waals surface area (Å²) in [6, 6.07) is 14.9. The predicted octanol–water partition coefficient (Wildman–Crippen LogP) is 5.42. The summed E-state index contributed by atoms with van der Waals surface area (Å²) in [7, 11) is 1.76. The summed E-state index contributed by atoms with van der Waals surface area (Å²) in [5.41, 5.74) is 4.93. The first-order valence-electron chi connectivity index (χ1n) is 9.49. The molecule has 2 aromatic rings. The van der Waals surface area contributed by atoms with Gasteiger partial charge in [-0.05, 0) is 55.7 Å². The number of hydrogen-bond acceptors (Lipinski definition) is 4. The smallest absolute Gasteiger partial charge is 0.123 e. The third kappa shape index (κ3) is 5.08. The largest absolute Gasteiger partial charge is 0.486 e. The first kappa shape index (κ1) is 19.8. The highest BCUT2D eigenvalue weighted by Gasteiger charge is 2.17. The second-order valence-corrected chi connectivity index (χ2v) is 8.11. The quantitative estimate of drug-likeness (QED) is 0.636. The van der Waals surface area contributed by atoms with Gasteiger partial charge >= 0.3 is 0 Å². The molecule has 1 aliphatic heterocycles. The van der Waals surface area contributed by atoms with Crippen LogP contribution in [-0.4, -0.2) is 38.7 Å². The molecule has 27 heavy (non-hydrogen) atoms. The van der Waals surface area contributed by atoms with E-state index in [-0.39, 0.29) is 6.10 Å². The SMILES string of the molecule is COCCN1CCSc2cc(/C=C(\C)C(C)Oc3ccccc3C)ccc21. The van der Waals surface area contributed by atoms with Crippen molar-refractivity contribution in [3.05, 3.63) is 59.2 Å². The molecule has 1 heterocycles. The molecular formula is C23H29NO2S. The van der Waals surface area contributed by atoms with Crippen LogP contribution >= 0.6 is 11.8 Å². The molecule has 4 heteroatoms. The average molecular weight is 384 g/mol. The van der Waals surface area contributed by atoms with Crippen LogP contribution < -0.4 is 9.64 Å².